The van der Waals surface area contributed by atoms with Crippen LogP contribution in [0, 0.1) is 6.92 Å². The molecule has 150 valence electrons. The maximum atomic E-state index is 12.9. The van der Waals surface area contributed by atoms with Crippen LogP contribution in [-0.4, -0.2) is 60.6 Å². The third kappa shape index (κ3) is 3.43. The van der Waals surface area contributed by atoms with E-state index in [2.05, 4.69) is 9.88 Å². The molecule has 2 aliphatic heterocycles. The van der Waals surface area contributed by atoms with Gasteiger partial charge in [-0.25, -0.2) is 13.2 Å². The third-order valence-corrected chi connectivity index (χ3v) is 6.90. The molecule has 1 saturated heterocycles. The third-order valence-electron chi connectivity index (χ3n) is 4.85. The lowest BCUT2D eigenvalue weighted by Gasteiger charge is -2.34. The molecule has 0 radical (unpaired) electrons. The number of hydrogen-bond donors (Lipinski definition) is 2. The normalized spacial score (nSPS) is 17.8. The molecule has 1 aromatic heterocycles. The molecule has 3 heterocycles. The monoisotopic (exact) mass is 408 g/mol. The van der Waals surface area contributed by atoms with Gasteiger partial charge in [-0.15, -0.1) is 0 Å². The Morgan fingerprint density at radius 2 is 1.75 bits per heavy atom. The first-order valence-corrected chi connectivity index (χ1v) is 10.2. The molecule has 2 aliphatic rings. The lowest BCUT2D eigenvalue weighted by Crippen LogP contribution is -2.49. The SMILES string of the molecule is Cc1[nH]c(=O)[nH]c(=O)c1S(=O)(=O)N1CCN(Cc2ccc3c(c2)OCO3)CC1. The van der Waals surface area contributed by atoms with Crippen molar-refractivity contribution in [3.63, 3.8) is 0 Å². The zero-order valence-corrected chi connectivity index (χ0v) is 16.0. The van der Waals surface area contributed by atoms with Gasteiger partial charge >= 0.3 is 5.69 Å². The molecule has 28 heavy (non-hydrogen) atoms. The fourth-order valence-corrected chi connectivity index (χ4v) is 5.08. The summed E-state index contributed by atoms with van der Waals surface area (Å²) in [5.41, 5.74) is -0.538. The van der Waals surface area contributed by atoms with Crippen molar-refractivity contribution in [2.75, 3.05) is 33.0 Å². The van der Waals surface area contributed by atoms with Gasteiger partial charge in [-0.05, 0) is 24.6 Å². The van der Waals surface area contributed by atoms with Crippen LogP contribution in [0.1, 0.15) is 11.3 Å². The predicted molar refractivity (Wildman–Crippen MR) is 99.0 cm³/mol. The fraction of sp³-hybridized carbons (Fsp3) is 0.412. The first-order valence-electron chi connectivity index (χ1n) is 8.79. The lowest BCUT2D eigenvalue weighted by atomic mass is 10.2. The number of ether oxygens (including phenoxy) is 2. The average molecular weight is 408 g/mol. The Kier molecular flexibility index (Phi) is 4.73. The summed E-state index contributed by atoms with van der Waals surface area (Å²) in [4.78, 5) is 29.4. The molecule has 0 aliphatic carbocycles. The summed E-state index contributed by atoms with van der Waals surface area (Å²) in [6.07, 6.45) is 0. The summed E-state index contributed by atoms with van der Waals surface area (Å²) in [6, 6.07) is 5.75. The van der Waals surface area contributed by atoms with Gasteiger partial charge in [0.2, 0.25) is 16.8 Å². The Morgan fingerprint density at radius 1 is 1.04 bits per heavy atom. The highest BCUT2D eigenvalue weighted by molar-refractivity contribution is 7.89. The Labute approximate surface area is 160 Å². The highest BCUT2D eigenvalue weighted by Crippen LogP contribution is 2.32. The number of benzene rings is 1. The van der Waals surface area contributed by atoms with E-state index < -0.39 is 26.2 Å². The number of aryl methyl sites for hydroxylation is 1. The quantitative estimate of drug-likeness (QED) is 0.706. The number of aromatic nitrogens is 2. The zero-order valence-electron chi connectivity index (χ0n) is 15.2. The summed E-state index contributed by atoms with van der Waals surface area (Å²) in [5.74, 6) is 1.44. The first-order chi connectivity index (χ1) is 13.3. The summed E-state index contributed by atoms with van der Waals surface area (Å²) in [6.45, 7) is 3.83. The molecule has 11 heteroatoms. The summed E-state index contributed by atoms with van der Waals surface area (Å²) in [5, 5.41) is 0. The van der Waals surface area contributed by atoms with Crippen LogP contribution in [0.4, 0.5) is 0 Å². The number of rotatable bonds is 4. The fourth-order valence-electron chi connectivity index (χ4n) is 3.45. The Balaban J connectivity index is 1.45. The van der Waals surface area contributed by atoms with Gasteiger partial charge in [0.25, 0.3) is 5.56 Å². The van der Waals surface area contributed by atoms with Crippen molar-refractivity contribution in [1.29, 1.82) is 0 Å². The van der Waals surface area contributed by atoms with Gasteiger partial charge in [-0.2, -0.15) is 4.31 Å². The molecule has 0 unspecified atom stereocenters. The topological polar surface area (TPSA) is 125 Å². The van der Waals surface area contributed by atoms with E-state index in [4.69, 9.17) is 9.47 Å². The van der Waals surface area contributed by atoms with Crippen LogP contribution in [0.3, 0.4) is 0 Å². The molecular formula is C17H20N4O6S. The van der Waals surface area contributed by atoms with Crippen molar-refractivity contribution in [3.8, 4) is 11.5 Å². The van der Waals surface area contributed by atoms with Crippen LogP contribution >= 0.6 is 0 Å². The van der Waals surface area contributed by atoms with Crippen molar-refractivity contribution >= 4 is 10.0 Å². The smallest absolute Gasteiger partial charge is 0.325 e. The largest absolute Gasteiger partial charge is 0.454 e. The molecule has 2 aromatic rings. The van der Waals surface area contributed by atoms with Crippen LogP contribution in [0.15, 0.2) is 32.7 Å². The van der Waals surface area contributed by atoms with E-state index in [-0.39, 0.29) is 25.6 Å². The van der Waals surface area contributed by atoms with Crippen LogP contribution in [0.25, 0.3) is 0 Å². The number of fused-ring (bicyclic) bond motifs is 1. The van der Waals surface area contributed by atoms with E-state index in [1.54, 1.807) is 0 Å². The van der Waals surface area contributed by atoms with E-state index >= 15 is 0 Å². The number of nitrogens with zero attached hydrogens (tertiary/aromatic N) is 2. The standard InChI is InChI=1S/C17H20N4O6S/c1-11-15(16(22)19-17(23)18-11)28(24,25)21-6-4-20(5-7-21)9-12-2-3-13-14(8-12)27-10-26-13/h2-3,8H,4-7,9-10H2,1H3,(H2,18,19,22,23). The summed E-state index contributed by atoms with van der Waals surface area (Å²) >= 11 is 0. The van der Waals surface area contributed by atoms with Gasteiger partial charge in [-0.3, -0.25) is 14.7 Å². The summed E-state index contributed by atoms with van der Waals surface area (Å²) < 4.78 is 37.7. The molecule has 0 amide bonds. The minimum absolute atomic E-state index is 0.0385. The minimum atomic E-state index is -3.99. The van der Waals surface area contributed by atoms with Crippen molar-refractivity contribution in [2.45, 2.75) is 18.4 Å². The van der Waals surface area contributed by atoms with E-state index in [1.165, 1.54) is 11.2 Å². The molecular weight excluding hydrogens is 388 g/mol. The minimum Gasteiger partial charge on any atom is -0.454 e. The maximum absolute atomic E-state index is 12.9. The second-order valence-corrected chi connectivity index (χ2v) is 8.60. The molecule has 0 spiro atoms. The van der Waals surface area contributed by atoms with Crippen molar-refractivity contribution < 1.29 is 17.9 Å². The second-order valence-electron chi connectivity index (χ2n) is 6.73. The molecule has 10 nitrogen and oxygen atoms in total. The first kappa shape index (κ1) is 18.7. The highest BCUT2D eigenvalue weighted by Gasteiger charge is 2.32. The predicted octanol–water partition coefficient (Wildman–Crippen LogP) is -0.393. The average Bonchev–Trinajstić information content (AvgIpc) is 3.09. The van der Waals surface area contributed by atoms with E-state index in [0.717, 1.165) is 11.3 Å². The maximum Gasteiger partial charge on any atom is 0.325 e. The molecule has 0 atom stereocenters. The Morgan fingerprint density at radius 3 is 2.46 bits per heavy atom. The van der Waals surface area contributed by atoms with Crippen molar-refractivity contribution in [2.24, 2.45) is 0 Å². The van der Waals surface area contributed by atoms with Gasteiger partial charge in [0.05, 0.1) is 0 Å². The molecule has 2 N–H and O–H groups in total. The van der Waals surface area contributed by atoms with Crippen LogP contribution in [0.5, 0.6) is 11.5 Å². The molecule has 1 aromatic carbocycles. The van der Waals surface area contributed by atoms with Crippen LogP contribution in [0.2, 0.25) is 0 Å². The van der Waals surface area contributed by atoms with Crippen molar-refractivity contribution in [3.05, 3.63) is 50.3 Å². The van der Waals surface area contributed by atoms with Gasteiger partial charge in [0, 0.05) is 38.4 Å². The van der Waals surface area contributed by atoms with E-state index in [0.29, 0.717) is 25.4 Å². The van der Waals surface area contributed by atoms with Crippen molar-refractivity contribution in [1.82, 2.24) is 19.2 Å². The zero-order chi connectivity index (χ0) is 19.9. The summed E-state index contributed by atoms with van der Waals surface area (Å²) in [7, 11) is -3.99. The van der Waals surface area contributed by atoms with Gasteiger partial charge in [-0.1, -0.05) is 6.07 Å². The Hall–Kier alpha value is -2.63. The molecule has 0 bridgehead atoms. The lowest BCUT2D eigenvalue weighted by molar-refractivity contribution is 0.173. The Bertz CT molecular complexity index is 1120. The van der Waals surface area contributed by atoms with E-state index in [9.17, 15) is 18.0 Å². The van der Waals surface area contributed by atoms with E-state index in [1.807, 2.05) is 23.2 Å². The number of aromatic amines is 2. The van der Waals surface area contributed by atoms with Gasteiger partial charge in [0.1, 0.15) is 0 Å². The van der Waals surface area contributed by atoms with Gasteiger partial charge in [0.15, 0.2) is 16.4 Å². The van der Waals surface area contributed by atoms with Crippen LogP contribution < -0.4 is 20.7 Å². The number of sulfonamides is 1. The molecule has 4 rings (SSSR count). The number of H-pyrrole nitrogens is 2. The number of piperazine rings is 1. The second kappa shape index (κ2) is 7.08. The number of nitrogens with one attached hydrogen (secondary N) is 2. The number of hydrogen-bond acceptors (Lipinski definition) is 7. The highest BCUT2D eigenvalue weighted by atomic mass is 32.2. The van der Waals surface area contributed by atoms with Gasteiger partial charge < -0.3 is 14.5 Å². The van der Waals surface area contributed by atoms with Crippen LogP contribution in [-0.2, 0) is 16.6 Å². The molecule has 0 saturated carbocycles. The molecule has 1 fully saturated rings.